The van der Waals surface area contributed by atoms with Crippen LogP contribution in [0.3, 0.4) is 0 Å². The first-order valence-electron chi connectivity index (χ1n) is 6.12. The van der Waals surface area contributed by atoms with Crippen molar-refractivity contribution < 1.29 is 9.06 Å². The zero-order chi connectivity index (χ0) is 15.5. The molecular weight excluding hydrogens is 238 g/mol. The largest absolute Gasteiger partial charge is 0.347 e. The van der Waals surface area contributed by atoms with Crippen molar-refractivity contribution in [2.75, 3.05) is 84.6 Å². The van der Waals surface area contributed by atoms with E-state index in [1.165, 1.54) is 0 Å². The molecule has 1 N–H and O–H groups in total. The van der Waals surface area contributed by atoms with Gasteiger partial charge in [0, 0.05) is 0 Å². The second-order valence-electron chi connectivity index (χ2n) is 6.39. The fourth-order valence-electron chi connectivity index (χ4n) is 0.847. The molecule has 0 aliphatic rings. The molecule has 5 nitrogen and oxygen atoms in total. The SMILES string of the molecule is C.CN(C)C.CNC(N(C)C)=[N+](C)C.C[N+](C)(C)C. The number of nitrogens with one attached hydrogen (secondary N) is 1. The maximum Gasteiger partial charge on any atom is 0.347 e. The smallest absolute Gasteiger partial charge is 0.333 e. The summed E-state index contributed by atoms with van der Waals surface area (Å²) in [7, 11) is 24.4. The Kier molecular flexibility index (Phi) is 19.1. The highest BCUT2D eigenvalue weighted by atomic mass is 15.3. The van der Waals surface area contributed by atoms with Crippen LogP contribution in [0.4, 0.5) is 0 Å². The average molecular weight is 280 g/mol. The maximum absolute atomic E-state index is 3.07. The van der Waals surface area contributed by atoms with Crippen LogP contribution in [0, 0.1) is 0 Å². The van der Waals surface area contributed by atoms with Crippen LogP contribution in [0.15, 0.2) is 0 Å². The summed E-state index contributed by atoms with van der Waals surface area (Å²) in [5, 5.41) is 3.07. The summed E-state index contributed by atoms with van der Waals surface area (Å²) >= 11 is 0. The van der Waals surface area contributed by atoms with Crippen LogP contribution < -0.4 is 5.32 Å². The second-order valence-corrected chi connectivity index (χ2v) is 6.39. The molecule has 0 aromatic rings. The lowest BCUT2D eigenvalue weighted by molar-refractivity contribution is -0.849. The molecule has 0 aliphatic heterocycles. The van der Waals surface area contributed by atoms with Crippen LogP contribution in [0.2, 0.25) is 0 Å². The standard InChI is InChI=1S/C6H15N3.C4H12N.C3H9N.CH4/c1-7-6(8(2)3)9(4)5;1-5(2,3)4;1-4(2)3;/h1-5H3;1-4H3;1-3H3;1H4/q;+1;;/p+1. The molecule has 0 saturated heterocycles. The van der Waals surface area contributed by atoms with E-state index < -0.39 is 0 Å². The van der Waals surface area contributed by atoms with E-state index in [1.807, 2.05) is 70.8 Å². The quantitative estimate of drug-likeness (QED) is 0.303. The molecule has 0 fully saturated rings. The van der Waals surface area contributed by atoms with Crippen LogP contribution in [0.5, 0.6) is 0 Å². The number of quaternary nitrogens is 1. The third kappa shape index (κ3) is 47.0. The number of nitrogens with zero attached hydrogens (tertiary/aromatic N) is 4. The van der Waals surface area contributed by atoms with E-state index in [4.69, 9.17) is 0 Å². The summed E-state index contributed by atoms with van der Waals surface area (Å²) in [5.74, 6) is 1.11. The molecule has 0 spiro atoms. The Bertz CT molecular complexity index is 202. The van der Waals surface area contributed by atoms with Gasteiger partial charge in [0.2, 0.25) is 0 Å². The molecule has 0 rings (SSSR count). The molecular formula is C14H41N5+2. The van der Waals surface area contributed by atoms with Gasteiger partial charge < -0.3 is 9.38 Å². The molecule has 0 aromatic heterocycles. The lowest BCUT2D eigenvalue weighted by atomic mass is 10.7. The summed E-state index contributed by atoms with van der Waals surface area (Å²) in [5.41, 5.74) is 0. The summed E-state index contributed by atoms with van der Waals surface area (Å²) in [6.45, 7) is 0. The highest BCUT2D eigenvalue weighted by molar-refractivity contribution is 5.73. The third-order valence-corrected chi connectivity index (χ3v) is 1.07. The van der Waals surface area contributed by atoms with E-state index in [1.54, 1.807) is 0 Å². The molecule has 0 heterocycles. The minimum absolute atomic E-state index is 0. The zero-order valence-corrected chi connectivity index (χ0v) is 14.8. The Labute approximate surface area is 123 Å². The molecule has 0 bridgehead atoms. The number of guanidine groups is 1. The van der Waals surface area contributed by atoms with E-state index in [0.29, 0.717) is 0 Å². The first-order chi connectivity index (χ1) is 7.82. The fraction of sp³-hybridized carbons (Fsp3) is 0.929. The molecule has 0 saturated carbocycles. The van der Waals surface area contributed by atoms with Crippen molar-refractivity contribution in [2.24, 2.45) is 0 Å². The lowest BCUT2D eigenvalue weighted by Gasteiger charge is -2.14. The minimum Gasteiger partial charge on any atom is -0.333 e. The van der Waals surface area contributed by atoms with Crippen molar-refractivity contribution in [1.29, 1.82) is 0 Å². The summed E-state index contributed by atoms with van der Waals surface area (Å²) in [6.07, 6.45) is 0. The third-order valence-electron chi connectivity index (χ3n) is 1.07. The monoisotopic (exact) mass is 279 g/mol. The van der Waals surface area contributed by atoms with Crippen molar-refractivity contribution in [3.63, 3.8) is 0 Å². The average Bonchev–Trinajstić information content (AvgIpc) is 1.97. The highest BCUT2D eigenvalue weighted by Crippen LogP contribution is 1.74. The van der Waals surface area contributed by atoms with Gasteiger partial charge >= 0.3 is 5.96 Å². The number of rotatable bonds is 0. The zero-order valence-electron chi connectivity index (χ0n) is 14.8. The van der Waals surface area contributed by atoms with Crippen molar-refractivity contribution in [1.82, 2.24) is 15.1 Å². The van der Waals surface area contributed by atoms with E-state index in [2.05, 4.69) is 33.5 Å². The van der Waals surface area contributed by atoms with Crippen molar-refractivity contribution in [3.05, 3.63) is 0 Å². The van der Waals surface area contributed by atoms with Crippen molar-refractivity contribution in [2.45, 2.75) is 7.43 Å². The molecule has 5 heteroatoms. The summed E-state index contributed by atoms with van der Waals surface area (Å²) < 4.78 is 3.03. The molecule has 19 heavy (non-hydrogen) atoms. The summed E-state index contributed by atoms with van der Waals surface area (Å²) in [4.78, 5) is 4.03. The minimum atomic E-state index is 0. The first-order valence-corrected chi connectivity index (χ1v) is 6.12. The molecule has 0 aromatic carbocycles. The van der Waals surface area contributed by atoms with Gasteiger partial charge in [-0.05, 0) is 21.1 Å². The molecule has 0 aliphatic carbocycles. The molecule has 0 radical (unpaired) electrons. The van der Waals surface area contributed by atoms with Gasteiger partial charge in [0.25, 0.3) is 0 Å². The first kappa shape index (κ1) is 26.7. The molecule has 0 unspecified atom stereocenters. The maximum atomic E-state index is 3.07. The Balaban J connectivity index is -0.0000000964. The van der Waals surface area contributed by atoms with Crippen LogP contribution in [-0.2, 0) is 0 Å². The van der Waals surface area contributed by atoms with Gasteiger partial charge in [-0.3, -0.25) is 14.8 Å². The number of hydrogen-bond acceptors (Lipinski definition) is 1. The number of hydrogen-bond donors (Lipinski definition) is 1. The highest BCUT2D eigenvalue weighted by Gasteiger charge is 2.05. The van der Waals surface area contributed by atoms with Gasteiger partial charge in [0.15, 0.2) is 0 Å². The van der Waals surface area contributed by atoms with E-state index in [9.17, 15) is 0 Å². The van der Waals surface area contributed by atoms with E-state index >= 15 is 0 Å². The van der Waals surface area contributed by atoms with Gasteiger partial charge in [-0.25, -0.2) is 0 Å². The van der Waals surface area contributed by atoms with Crippen LogP contribution in [-0.4, -0.2) is 109 Å². The molecule has 0 amide bonds. The fourth-order valence-corrected chi connectivity index (χ4v) is 0.847. The topological polar surface area (TPSA) is 21.5 Å². The van der Waals surface area contributed by atoms with Crippen LogP contribution >= 0.6 is 0 Å². The van der Waals surface area contributed by atoms with Crippen LogP contribution in [0.25, 0.3) is 0 Å². The second kappa shape index (κ2) is 13.6. The Morgan fingerprint density at radius 2 is 1.11 bits per heavy atom. The normalized spacial score (nSPS) is 9.11. The summed E-state index contributed by atoms with van der Waals surface area (Å²) in [6, 6.07) is 0. The van der Waals surface area contributed by atoms with Gasteiger partial charge in [0.05, 0.1) is 63.4 Å². The Morgan fingerprint density at radius 1 is 0.895 bits per heavy atom. The van der Waals surface area contributed by atoms with Crippen LogP contribution in [0.1, 0.15) is 7.43 Å². The van der Waals surface area contributed by atoms with Gasteiger partial charge in [0.1, 0.15) is 0 Å². The molecule has 0 atom stereocenters. The van der Waals surface area contributed by atoms with Gasteiger partial charge in [-0.1, -0.05) is 7.43 Å². The molecule has 120 valence electrons. The predicted octanol–water partition coefficient (Wildman–Crippen LogP) is 0.532. The van der Waals surface area contributed by atoms with Crippen molar-refractivity contribution >= 4 is 5.96 Å². The lowest BCUT2D eigenvalue weighted by Crippen LogP contribution is -2.39. The van der Waals surface area contributed by atoms with Gasteiger partial charge in [-0.2, -0.15) is 0 Å². The predicted molar refractivity (Wildman–Crippen MR) is 90.2 cm³/mol. The Morgan fingerprint density at radius 3 is 1.11 bits per heavy atom. The van der Waals surface area contributed by atoms with E-state index in [0.717, 1.165) is 10.4 Å². The van der Waals surface area contributed by atoms with Gasteiger partial charge in [-0.15, -0.1) is 0 Å². The Hall–Kier alpha value is -0.810. The van der Waals surface area contributed by atoms with E-state index in [-0.39, 0.29) is 7.43 Å². The van der Waals surface area contributed by atoms with Crippen molar-refractivity contribution in [3.8, 4) is 0 Å².